The first kappa shape index (κ1) is 76.1. The monoisotopic (exact) mass is 1330 g/mol. The van der Waals surface area contributed by atoms with E-state index >= 15 is 0 Å². The molecule has 2 fully saturated rings. The predicted molar refractivity (Wildman–Crippen MR) is 362 cm³/mol. The molecule has 4 amide bonds. The minimum Gasteiger partial charge on any atom is -0.480 e. The molecule has 0 unspecified atom stereocenters. The van der Waals surface area contributed by atoms with Crippen LogP contribution in [-0.4, -0.2) is 164 Å². The van der Waals surface area contributed by atoms with Gasteiger partial charge in [-0.1, -0.05) is 152 Å². The zero-order valence-electron chi connectivity index (χ0n) is 59.0. The van der Waals surface area contributed by atoms with E-state index in [-0.39, 0.29) is 51.8 Å². The molecule has 5 rings (SSSR count). The number of aliphatic carboxylic acids is 1. The molecule has 0 radical (unpaired) electrons. The van der Waals surface area contributed by atoms with Crippen LogP contribution in [0.25, 0.3) is 11.1 Å². The van der Waals surface area contributed by atoms with Crippen molar-refractivity contribution in [2.24, 2.45) is 0 Å². The summed E-state index contributed by atoms with van der Waals surface area (Å²) in [5, 5.41) is 20.8. The van der Waals surface area contributed by atoms with Gasteiger partial charge in [-0.2, -0.15) is 0 Å². The van der Waals surface area contributed by atoms with Crippen molar-refractivity contribution in [3.05, 3.63) is 59.7 Å². The Morgan fingerprint density at radius 3 is 1.29 bits per heavy atom. The highest BCUT2D eigenvalue weighted by Gasteiger charge is 2.59. The first-order valence-corrected chi connectivity index (χ1v) is 46.3. The maximum atomic E-state index is 14.6. The number of carbonyl (C=O) groups is 5. The van der Waals surface area contributed by atoms with Crippen molar-refractivity contribution < 1.29 is 70.2 Å². The fourth-order valence-corrected chi connectivity index (χ4v) is 15.8. The molecule has 2 aliphatic heterocycles. The van der Waals surface area contributed by atoms with Crippen molar-refractivity contribution in [2.45, 2.75) is 288 Å². The van der Waals surface area contributed by atoms with Crippen LogP contribution in [0, 0.1) is 0 Å². The van der Waals surface area contributed by atoms with Gasteiger partial charge < -0.3 is 67.5 Å². The van der Waals surface area contributed by atoms with E-state index in [4.69, 9.17) is 41.1 Å². The van der Waals surface area contributed by atoms with Crippen LogP contribution in [0.15, 0.2) is 48.5 Å². The second-order valence-electron chi connectivity index (χ2n) is 32.5. The van der Waals surface area contributed by atoms with E-state index in [1.807, 2.05) is 48.5 Å². The number of carboxylic acid groups (broad SMARTS) is 1. The summed E-state index contributed by atoms with van der Waals surface area (Å²) in [5.74, 6) is -3.45. The van der Waals surface area contributed by atoms with Gasteiger partial charge in [-0.25, -0.2) is 9.59 Å². The second-order valence-corrected chi connectivity index (χ2v) is 56.4. The van der Waals surface area contributed by atoms with Gasteiger partial charge in [-0.05, 0) is 113 Å². The van der Waals surface area contributed by atoms with Gasteiger partial charge in [0.05, 0.1) is 31.8 Å². The molecule has 19 nitrogen and oxygen atoms in total. The quantitative estimate of drug-likeness (QED) is 0.0651. The maximum absolute atomic E-state index is 14.6. The Balaban J connectivity index is 1.66. The maximum Gasteiger partial charge on any atom is 0.407 e. The average molecular weight is 1330 g/mol. The topological polar surface area (TPSA) is 237 Å². The zero-order valence-corrected chi connectivity index (χ0v) is 64.0. The van der Waals surface area contributed by atoms with E-state index in [0.717, 1.165) is 22.3 Å². The molecule has 2 aromatic rings. The minimum atomic E-state index is -2.96. The highest BCUT2D eigenvalue weighted by Crippen LogP contribution is 2.48. The van der Waals surface area contributed by atoms with Gasteiger partial charge in [-0.3, -0.25) is 14.4 Å². The number of rotatable bonds is 23. The Hall–Kier alpha value is -3.65. The van der Waals surface area contributed by atoms with Crippen LogP contribution >= 0.6 is 0 Å². The summed E-state index contributed by atoms with van der Waals surface area (Å²) >= 11 is 0. The third kappa shape index (κ3) is 18.6. The zero-order chi connectivity index (χ0) is 67.8. The first-order chi connectivity index (χ1) is 40.3. The van der Waals surface area contributed by atoms with Gasteiger partial charge in [0.25, 0.3) is 0 Å². The van der Waals surface area contributed by atoms with Crippen LogP contribution in [0.5, 0.6) is 0 Å². The lowest BCUT2D eigenvalue weighted by atomic mass is 9.94. The van der Waals surface area contributed by atoms with Crippen LogP contribution in [-0.2, 0) is 60.3 Å². The lowest BCUT2D eigenvalue weighted by Crippen LogP contribution is -2.74. The Kier molecular flexibility index (Phi) is 24.0. The number of carboxylic acids is 1. The number of alkyl carbamates (subject to hydrolysis) is 1. The summed E-state index contributed by atoms with van der Waals surface area (Å²) in [6.45, 7) is 56.4. The van der Waals surface area contributed by atoms with Gasteiger partial charge in [0.15, 0.2) is 54.1 Å². The molecule has 0 bridgehead atoms. The number of nitrogens with one attached hydrogen (secondary N) is 4. The summed E-state index contributed by atoms with van der Waals surface area (Å²) in [6, 6.07) is 11.8. The van der Waals surface area contributed by atoms with Crippen LogP contribution in [0.1, 0.15) is 141 Å². The molecule has 2 aromatic carbocycles. The largest absolute Gasteiger partial charge is 0.480 e. The second kappa shape index (κ2) is 28.1. The molecule has 504 valence electrons. The predicted octanol–water partition coefficient (Wildman–Crippen LogP) is 12.5. The normalized spacial score (nSPS) is 24.7. The third-order valence-corrected chi connectivity index (χ3v) is 43.0. The van der Waals surface area contributed by atoms with Crippen molar-refractivity contribution in [2.75, 3.05) is 19.8 Å². The molecule has 5 N–H and O–H groups in total. The smallest absolute Gasteiger partial charge is 0.407 e. The molecule has 2 heterocycles. The van der Waals surface area contributed by atoms with Crippen molar-refractivity contribution in [3.63, 3.8) is 0 Å². The minimum absolute atomic E-state index is 0.0810. The Labute approximate surface area is 538 Å². The third-order valence-electron chi connectivity index (χ3n) is 20.5. The van der Waals surface area contributed by atoms with Crippen LogP contribution in [0.4, 0.5) is 4.79 Å². The number of fused-ring (bicyclic) bond motifs is 3. The van der Waals surface area contributed by atoms with Gasteiger partial charge in [-0.15, -0.1) is 0 Å². The summed E-state index contributed by atoms with van der Waals surface area (Å²) in [4.78, 5) is 68.9. The van der Waals surface area contributed by atoms with E-state index < -0.39 is 144 Å². The highest BCUT2D eigenvalue weighted by molar-refractivity contribution is 6.76. The van der Waals surface area contributed by atoms with Crippen molar-refractivity contribution in [1.29, 1.82) is 0 Å². The van der Waals surface area contributed by atoms with Gasteiger partial charge >= 0.3 is 12.1 Å². The van der Waals surface area contributed by atoms with E-state index in [1.165, 1.54) is 13.8 Å². The Morgan fingerprint density at radius 2 is 0.888 bits per heavy atom. The van der Waals surface area contributed by atoms with Crippen LogP contribution in [0.3, 0.4) is 0 Å². The molecule has 3 aliphatic rings. The molecule has 0 spiro atoms. The number of ether oxygens (including phenoxy) is 4. The molecular weight excluding hydrogens is 1220 g/mol. The fraction of sp³-hybridized carbons (Fsp3) is 0.738. The lowest BCUT2D eigenvalue weighted by molar-refractivity contribution is -0.310. The summed E-state index contributed by atoms with van der Waals surface area (Å²) in [5.41, 5.74) is 4.00. The van der Waals surface area contributed by atoms with Gasteiger partial charge in [0.1, 0.15) is 49.1 Å². The number of carbonyl (C=O) groups excluding carboxylic acids is 4. The Bertz CT molecular complexity index is 2750. The summed E-state index contributed by atoms with van der Waals surface area (Å²) in [7, 11) is -13.5. The molecular formula is C65H114N4O15Si5. The van der Waals surface area contributed by atoms with E-state index in [2.05, 4.69) is 191 Å². The van der Waals surface area contributed by atoms with Crippen LogP contribution in [0.2, 0.25) is 90.7 Å². The van der Waals surface area contributed by atoms with E-state index in [1.54, 1.807) is 0 Å². The molecule has 11 atom stereocenters. The van der Waals surface area contributed by atoms with Crippen molar-refractivity contribution in [3.8, 4) is 11.1 Å². The first-order valence-electron chi connectivity index (χ1n) is 31.8. The lowest BCUT2D eigenvalue weighted by Gasteiger charge is -2.55. The van der Waals surface area contributed by atoms with E-state index in [0.29, 0.717) is 0 Å². The van der Waals surface area contributed by atoms with E-state index in [9.17, 15) is 29.1 Å². The standard InChI is InChI=1S/C65H114N4O15Si5/c1-40(70)66-51-55(83-88(24,25)64(12,13)14)53(81-59-52(67-41(2)71)56(84-89(26,27)65(15,16)17)54(82-87(22,23)63(9,10)11)49(80-59)39-78-86(20,21)62(6,7)8)48(38-77-85(18,19)61(3,4)5)79-57(51)69-50(72)36-47(58(73)74)68-60(75)76-37-46-44-34-30-28-32-42(44)43-33-29-31-35-45(43)46/h28-35,46-49,51-57,59H,36-39H2,1-27H3,(H,66,70)(H,67,71)(H,68,75)(H,69,72)(H,73,74)/t47-,48+,49+,51+,52+,53+,54+,55+,56+,57+,59-/m0/s1. The number of amides is 4. The summed E-state index contributed by atoms with van der Waals surface area (Å²) < 4.78 is 64.6. The van der Waals surface area contributed by atoms with Crippen molar-refractivity contribution in [1.82, 2.24) is 21.3 Å². The molecule has 24 heteroatoms. The van der Waals surface area contributed by atoms with Crippen molar-refractivity contribution >= 4 is 71.4 Å². The average Bonchev–Trinajstić information content (AvgIpc) is 1.57. The number of hydrogen-bond acceptors (Lipinski definition) is 14. The molecule has 89 heavy (non-hydrogen) atoms. The number of benzene rings is 2. The van der Waals surface area contributed by atoms with Gasteiger partial charge in [0.2, 0.25) is 17.7 Å². The Morgan fingerprint density at radius 1 is 0.506 bits per heavy atom. The molecule has 1 aliphatic carbocycles. The van der Waals surface area contributed by atoms with Crippen LogP contribution < -0.4 is 21.3 Å². The molecule has 0 aromatic heterocycles. The highest BCUT2D eigenvalue weighted by atomic mass is 28.4. The number of hydrogen-bond donors (Lipinski definition) is 5. The molecule has 2 saturated heterocycles. The van der Waals surface area contributed by atoms with Gasteiger partial charge in [0, 0.05) is 19.8 Å². The molecule has 0 saturated carbocycles. The SMILES string of the molecule is CC(=O)N[C@@H]1[C@@H](O[Si](C)(C)C(C)(C)C)[C@H](O[C@@H]2O[C@H](CO[Si](C)(C)C(C)(C)C)[C@@H](O[Si](C)(C)C(C)(C)C)[C@H](O[Si](C)(C)C(C)(C)C)[C@H]2NC(C)=O)[C@@H](CO[Si](C)(C)C(C)(C)C)O[C@H]1NC(=O)C[C@H](NC(=O)OCC1c2ccccc2-c2ccccc21)C(=O)O. The summed E-state index contributed by atoms with van der Waals surface area (Å²) in [6.07, 6.45) is -10.3. The fourth-order valence-electron chi connectivity index (χ4n) is 9.82.